The third-order valence-electron chi connectivity index (χ3n) is 6.01. The van der Waals surface area contributed by atoms with Gasteiger partial charge in [-0.1, -0.05) is 25.3 Å². The molecule has 1 aliphatic carbocycles. The Labute approximate surface area is 199 Å². The quantitative estimate of drug-likeness (QED) is 0.219. The van der Waals surface area contributed by atoms with E-state index >= 15 is 0 Å². The normalized spacial score (nSPS) is 20.0. The van der Waals surface area contributed by atoms with Gasteiger partial charge >= 0.3 is 0 Å². The lowest BCUT2D eigenvalue weighted by Gasteiger charge is -2.22. The highest BCUT2D eigenvalue weighted by atomic mass is 127. The summed E-state index contributed by atoms with van der Waals surface area (Å²) < 4.78 is 11.3. The Hall–Kier alpha value is -1.22. The minimum Gasteiger partial charge on any atom is -0.497 e. The second-order valence-corrected chi connectivity index (χ2v) is 8.17. The van der Waals surface area contributed by atoms with E-state index in [2.05, 4.69) is 38.7 Å². The van der Waals surface area contributed by atoms with Crippen molar-refractivity contribution in [2.75, 3.05) is 51.8 Å². The molecular formula is C23H39IN4O2. The number of ether oxygens (including phenoxy) is 2. The number of nitrogens with one attached hydrogen (secondary N) is 2. The molecule has 0 bridgehead atoms. The highest BCUT2D eigenvalue weighted by Gasteiger charge is 2.23. The van der Waals surface area contributed by atoms with Gasteiger partial charge in [-0.15, -0.1) is 24.0 Å². The molecule has 2 aliphatic rings. The summed E-state index contributed by atoms with van der Waals surface area (Å²) in [5.41, 5.74) is 1.24. The lowest BCUT2D eigenvalue weighted by Crippen LogP contribution is -2.40. The lowest BCUT2D eigenvalue weighted by atomic mass is 9.98. The van der Waals surface area contributed by atoms with Crippen LogP contribution in [0.4, 0.5) is 5.69 Å². The first-order chi connectivity index (χ1) is 14.3. The predicted octanol–water partition coefficient (Wildman–Crippen LogP) is 4.04. The minimum absolute atomic E-state index is 0. The summed E-state index contributed by atoms with van der Waals surface area (Å²) in [6.45, 7) is 4.83. The van der Waals surface area contributed by atoms with Gasteiger partial charge in [-0.3, -0.25) is 4.99 Å². The van der Waals surface area contributed by atoms with Gasteiger partial charge in [0.25, 0.3) is 0 Å². The zero-order valence-corrected chi connectivity index (χ0v) is 20.9. The van der Waals surface area contributed by atoms with Crippen molar-refractivity contribution in [3.63, 3.8) is 0 Å². The van der Waals surface area contributed by atoms with Crippen molar-refractivity contribution in [3.05, 3.63) is 24.3 Å². The molecule has 1 aromatic carbocycles. The molecule has 0 radical (unpaired) electrons. The molecule has 1 unspecified atom stereocenters. The fraction of sp³-hybridized carbons (Fsp3) is 0.696. The van der Waals surface area contributed by atoms with Gasteiger partial charge in [0.15, 0.2) is 5.96 Å². The van der Waals surface area contributed by atoms with E-state index in [9.17, 15) is 0 Å². The summed E-state index contributed by atoms with van der Waals surface area (Å²) in [5.74, 6) is 2.43. The van der Waals surface area contributed by atoms with Crippen LogP contribution in [0.25, 0.3) is 0 Å². The van der Waals surface area contributed by atoms with Crippen molar-refractivity contribution in [3.8, 4) is 5.75 Å². The number of aliphatic imine (C=N–C) groups is 1. The second kappa shape index (κ2) is 14.0. The Bertz CT molecular complexity index is 637. The van der Waals surface area contributed by atoms with Crippen molar-refractivity contribution < 1.29 is 9.47 Å². The van der Waals surface area contributed by atoms with Gasteiger partial charge in [0.1, 0.15) is 5.75 Å². The standard InChI is InChI=1S/C23H38N4O2.HI/c1-24-23(25-13-7-15-29-21-9-4-3-5-10-21)26-17-19-12-14-27(18-19)20-8-6-11-22(16-20)28-2;/h6,8,11,16,19,21H,3-5,7,9-10,12-15,17-18H2,1-2H3,(H2,24,25,26);1H. The van der Waals surface area contributed by atoms with Gasteiger partial charge in [0.2, 0.25) is 0 Å². The van der Waals surface area contributed by atoms with Crippen LogP contribution in [-0.4, -0.2) is 59.0 Å². The van der Waals surface area contributed by atoms with Gasteiger partial charge in [0.05, 0.1) is 13.2 Å². The van der Waals surface area contributed by atoms with Crippen LogP contribution in [0.1, 0.15) is 44.9 Å². The van der Waals surface area contributed by atoms with E-state index in [1.54, 1.807) is 7.11 Å². The lowest BCUT2D eigenvalue weighted by molar-refractivity contribution is 0.0277. The number of guanidine groups is 1. The molecule has 1 heterocycles. The van der Waals surface area contributed by atoms with Crippen molar-refractivity contribution in [2.45, 2.75) is 51.0 Å². The molecule has 0 spiro atoms. The fourth-order valence-electron chi connectivity index (χ4n) is 4.26. The molecule has 0 amide bonds. The average Bonchev–Trinajstić information content (AvgIpc) is 3.25. The number of hydrogen-bond acceptors (Lipinski definition) is 4. The first-order valence-electron chi connectivity index (χ1n) is 11.2. The predicted molar refractivity (Wildman–Crippen MR) is 136 cm³/mol. The van der Waals surface area contributed by atoms with Crippen LogP contribution >= 0.6 is 24.0 Å². The smallest absolute Gasteiger partial charge is 0.190 e. The third kappa shape index (κ3) is 8.13. The molecule has 1 atom stereocenters. The highest BCUT2D eigenvalue weighted by molar-refractivity contribution is 14.0. The molecule has 2 N–H and O–H groups in total. The van der Waals surface area contributed by atoms with E-state index in [0.29, 0.717) is 12.0 Å². The molecule has 7 heteroatoms. The summed E-state index contributed by atoms with van der Waals surface area (Å²) in [7, 11) is 3.56. The summed E-state index contributed by atoms with van der Waals surface area (Å²) in [6.07, 6.45) is 9.22. The minimum atomic E-state index is 0. The summed E-state index contributed by atoms with van der Waals surface area (Å²) in [6, 6.07) is 8.33. The van der Waals surface area contributed by atoms with Gasteiger partial charge in [-0.25, -0.2) is 0 Å². The zero-order valence-electron chi connectivity index (χ0n) is 18.6. The van der Waals surface area contributed by atoms with Crippen LogP contribution in [0.5, 0.6) is 5.75 Å². The summed E-state index contributed by atoms with van der Waals surface area (Å²) in [5, 5.41) is 6.91. The van der Waals surface area contributed by atoms with E-state index in [1.165, 1.54) is 44.2 Å². The number of benzene rings is 1. The molecule has 6 nitrogen and oxygen atoms in total. The van der Waals surface area contributed by atoms with E-state index < -0.39 is 0 Å². The Morgan fingerprint density at radius 2 is 2.00 bits per heavy atom. The van der Waals surface area contributed by atoms with Crippen molar-refractivity contribution >= 4 is 35.6 Å². The first kappa shape index (κ1) is 25.0. The molecule has 1 saturated carbocycles. The molecule has 1 aromatic rings. The highest BCUT2D eigenvalue weighted by Crippen LogP contribution is 2.26. The third-order valence-corrected chi connectivity index (χ3v) is 6.01. The largest absolute Gasteiger partial charge is 0.497 e. The van der Waals surface area contributed by atoms with Crippen LogP contribution in [0.2, 0.25) is 0 Å². The van der Waals surface area contributed by atoms with Crippen molar-refractivity contribution in [1.82, 2.24) is 10.6 Å². The fourth-order valence-corrected chi connectivity index (χ4v) is 4.26. The number of halogens is 1. The first-order valence-corrected chi connectivity index (χ1v) is 11.2. The maximum absolute atomic E-state index is 6.00. The van der Waals surface area contributed by atoms with Gasteiger partial charge in [0, 0.05) is 51.6 Å². The molecule has 3 rings (SSSR count). The van der Waals surface area contributed by atoms with E-state index in [1.807, 2.05) is 13.1 Å². The van der Waals surface area contributed by atoms with E-state index in [-0.39, 0.29) is 24.0 Å². The van der Waals surface area contributed by atoms with Gasteiger partial charge < -0.3 is 25.0 Å². The average molecular weight is 530 g/mol. The number of hydrogen-bond donors (Lipinski definition) is 2. The Morgan fingerprint density at radius 1 is 1.17 bits per heavy atom. The van der Waals surface area contributed by atoms with Crippen LogP contribution in [0.15, 0.2) is 29.3 Å². The number of anilines is 1. The summed E-state index contributed by atoms with van der Waals surface area (Å²) in [4.78, 5) is 6.80. The second-order valence-electron chi connectivity index (χ2n) is 8.17. The SMILES string of the molecule is CN=C(NCCCOC1CCCCC1)NCC1CCN(c2cccc(OC)c2)C1.I. The van der Waals surface area contributed by atoms with Gasteiger partial charge in [-0.2, -0.15) is 0 Å². The van der Waals surface area contributed by atoms with Crippen LogP contribution in [0.3, 0.4) is 0 Å². The number of nitrogens with zero attached hydrogens (tertiary/aromatic N) is 2. The maximum Gasteiger partial charge on any atom is 0.190 e. The Kier molecular flexibility index (Phi) is 11.7. The summed E-state index contributed by atoms with van der Waals surface area (Å²) >= 11 is 0. The monoisotopic (exact) mass is 530 g/mol. The van der Waals surface area contributed by atoms with Crippen molar-refractivity contribution in [1.29, 1.82) is 0 Å². The van der Waals surface area contributed by atoms with Crippen LogP contribution in [-0.2, 0) is 4.74 Å². The van der Waals surface area contributed by atoms with Crippen LogP contribution in [0, 0.1) is 5.92 Å². The Balaban J connectivity index is 0.00000320. The molecule has 2 fully saturated rings. The molecule has 30 heavy (non-hydrogen) atoms. The maximum atomic E-state index is 6.00. The topological polar surface area (TPSA) is 58.1 Å². The van der Waals surface area contributed by atoms with E-state index in [0.717, 1.165) is 50.9 Å². The molecular weight excluding hydrogens is 491 g/mol. The van der Waals surface area contributed by atoms with Crippen molar-refractivity contribution in [2.24, 2.45) is 10.9 Å². The van der Waals surface area contributed by atoms with Gasteiger partial charge in [-0.05, 0) is 43.7 Å². The molecule has 1 saturated heterocycles. The molecule has 1 aliphatic heterocycles. The van der Waals surface area contributed by atoms with Crippen LogP contribution < -0.4 is 20.3 Å². The number of rotatable bonds is 9. The number of methoxy groups -OCH3 is 1. The zero-order chi connectivity index (χ0) is 20.3. The molecule has 0 aromatic heterocycles. The molecule has 170 valence electrons. The Morgan fingerprint density at radius 3 is 2.77 bits per heavy atom. The van der Waals surface area contributed by atoms with E-state index in [4.69, 9.17) is 9.47 Å².